The maximum absolute atomic E-state index is 12.8. The molecule has 6 nitrogen and oxygen atoms in total. The molecule has 1 N–H and O–H groups in total. The fourth-order valence-electron chi connectivity index (χ4n) is 3.35. The van der Waals surface area contributed by atoms with E-state index in [1.807, 2.05) is 55.5 Å². The summed E-state index contributed by atoms with van der Waals surface area (Å²) in [5.74, 6) is 0.224. The summed E-state index contributed by atoms with van der Waals surface area (Å²) >= 11 is 6.24. The van der Waals surface area contributed by atoms with E-state index in [1.165, 1.54) is 9.58 Å². The Hall–Kier alpha value is -2.86. The minimum absolute atomic E-state index is 0.324. The zero-order valence-corrected chi connectivity index (χ0v) is 15.1. The van der Waals surface area contributed by atoms with Gasteiger partial charge < -0.3 is 0 Å². The number of carbonyl (C=O) groups excluding carboxylic acids is 2. The quantitative estimate of drug-likeness (QED) is 0.557. The number of benzene rings is 2. The van der Waals surface area contributed by atoms with Gasteiger partial charge in [-0.3, -0.25) is 4.79 Å². The second-order valence-electron chi connectivity index (χ2n) is 6.31. The fourth-order valence-corrected chi connectivity index (χ4v) is 3.70. The van der Waals surface area contributed by atoms with E-state index in [1.54, 1.807) is 6.92 Å². The van der Waals surface area contributed by atoms with Crippen LogP contribution in [0.1, 0.15) is 23.0 Å². The van der Waals surface area contributed by atoms with Gasteiger partial charge in [-0.05, 0) is 37.1 Å². The summed E-state index contributed by atoms with van der Waals surface area (Å²) in [6.45, 7) is 3.70. The number of nitrogens with zero attached hydrogens (tertiary/aromatic N) is 3. The number of alkyl halides is 1. The van der Waals surface area contributed by atoms with Crippen molar-refractivity contribution in [1.82, 2.24) is 20.0 Å². The van der Waals surface area contributed by atoms with Gasteiger partial charge in [-0.1, -0.05) is 36.4 Å². The summed E-state index contributed by atoms with van der Waals surface area (Å²) in [5, 5.41) is 0.605. The van der Waals surface area contributed by atoms with Crippen LogP contribution >= 0.6 is 11.6 Å². The van der Waals surface area contributed by atoms with E-state index in [4.69, 9.17) is 11.6 Å². The first-order valence-corrected chi connectivity index (χ1v) is 8.70. The van der Waals surface area contributed by atoms with Crippen LogP contribution in [-0.4, -0.2) is 31.9 Å². The Bertz CT molecular complexity index is 1030. The molecule has 2 aromatic carbocycles. The van der Waals surface area contributed by atoms with E-state index in [0.717, 1.165) is 16.6 Å². The number of amides is 2. The molecule has 1 saturated heterocycles. The van der Waals surface area contributed by atoms with E-state index >= 15 is 0 Å². The number of hydrogen-bond acceptors (Lipinski definition) is 3. The average Bonchev–Trinajstić information content (AvgIpc) is 2.98. The highest BCUT2D eigenvalue weighted by Gasteiger charge is 2.49. The summed E-state index contributed by atoms with van der Waals surface area (Å²) < 4.78 is 1.46. The van der Waals surface area contributed by atoms with Gasteiger partial charge in [0.05, 0.1) is 11.0 Å². The first-order valence-electron chi connectivity index (χ1n) is 8.27. The lowest BCUT2D eigenvalue weighted by molar-refractivity contribution is -0.149. The van der Waals surface area contributed by atoms with E-state index < -0.39 is 17.5 Å². The minimum Gasteiger partial charge on any atom is -0.271 e. The Morgan fingerprint density at radius 2 is 1.81 bits per heavy atom. The van der Waals surface area contributed by atoms with Crippen molar-refractivity contribution in [1.29, 1.82) is 0 Å². The van der Waals surface area contributed by atoms with Crippen LogP contribution in [0.4, 0.5) is 4.79 Å². The smallest absolute Gasteiger partial charge is 0.271 e. The average molecular weight is 369 g/mol. The van der Waals surface area contributed by atoms with Gasteiger partial charge in [0.15, 0.2) is 0 Å². The van der Waals surface area contributed by atoms with Crippen LogP contribution in [0.15, 0.2) is 48.5 Å². The van der Waals surface area contributed by atoms with Gasteiger partial charge in [-0.2, -0.15) is 0 Å². The number of rotatable bonds is 2. The molecular weight excluding hydrogens is 352 g/mol. The SMILES string of the molecule is Cc1ccccc1C1C(Cl)C(=O)N1NC(=O)n1c(C)nc2ccccc21. The molecule has 132 valence electrons. The third kappa shape index (κ3) is 2.45. The highest BCUT2D eigenvalue weighted by molar-refractivity contribution is 6.33. The highest BCUT2D eigenvalue weighted by atomic mass is 35.5. The molecule has 2 heterocycles. The third-order valence-electron chi connectivity index (χ3n) is 4.68. The molecule has 1 aromatic heterocycles. The standard InChI is InChI=1S/C19H17ClN4O2/c1-11-7-3-4-8-13(11)17-16(20)18(25)24(17)22-19(26)23-12(2)21-14-9-5-6-10-15(14)23/h3-10,16-17H,1-2H3,(H,22,26). The molecule has 26 heavy (non-hydrogen) atoms. The van der Waals surface area contributed by atoms with Crippen LogP contribution < -0.4 is 5.43 Å². The predicted molar refractivity (Wildman–Crippen MR) is 98.8 cm³/mol. The molecule has 0 radical (unpaired) electrons. The lowest BCUT2D eigenvalue weighted by atomic mass is 9.92. The van der Waals surface area contributed by atoms with Gasteiger partial charge in [0.25, 0.3) is 5.91 Å². The van der Waals surface area contributed by atoms with Crippen molar-refractivity contribution in [2.45, 2.75) is 25.3 Å². The molecule has 0 spiro atoms. The highest BCUT2D eigenvalue weighted by Crippen LogP contribution is 2.38. The number of halogens is 1. The van der Waals surface area contributed by atoms with Crippen LogP contribution in [0, 0.1) is 13.8 Å². The Kier molecular flexibility index (Phi) is 3.92. The fraction of sp³-hybridized carbons (Fsp3) is 0.211. The number of hydrogen-bond donors (Lipinski definition) is 1. The van der Waals surface area contributed by atoms with Crippen LogP contribution in [0.25, 0.3) is 11.0 Å². The molecule has 0 aliphatic carbocycles. The molecule has 4 rings (SSSR count). The molecule has 2 atom stereocenters. The number of imidazole rings is 1. The number of aryl methyl sites for hydroxylation is 2. The van der Waals surface area contributed by atoms with Crippen LogP contribution in [0.5, 0.6) is 0 Å². The Morgan fingerprint density at radius 1 is 1.12 bits per heavy atom. The van der Waals surface area contributed by atoms with Gasteiger partial charge >= 0.3 is 6.03 Å². The van der Waals surface area contributed by atoms with Crippen LogP contribution in [-0.2, 0) is 4.79 Å². The van der Waals surface area contributed by atoms with Crippen molar-refractivity contribution >= 4 is 34.6 Å². The van der Waals surface area contributed by atoms with Crippen molar-refractivity contribution in [3.8, 4) is 0 Å². The number of aromatic nitrogens is 2. The van der Waals surface area contributed by atoms with Gasteiger partial charge in [-0.25, -0.2) is 24.8 Å². The monoisotopic (exact) mass is 368 g/mol. The van der Waals surface area contributed by atoms with Crippen molar-refractivity contribution < 1.29 is 9.59 Å². The number of hydrazine groups is 1. The van der Waals surface area contributed by atoms with Crippen molar-refractivity contribution in [2.24, 2.45) is 0 Å². The molecular formula is C19H17ClN4O2. The largest absolute Gasteiger partial charge is 0.346 e. The van der Waals surface area contributed by atoms with E-state index in [0.29, 0.717) is 11.3 Å². The Morgan fingerprint density at radius 3 is 2.58 bits per heavy atom. The van der Waals surface area contributed by atoms with Gasteiger partial charge in [0.2, 0.25) is 0 Å². The number of nitrogens with one attached hydrogen (secondary N) is 1. The summed E-state index contributed by atoms with van der Waals surface area (Å²) in [4.78, 5) is 29.5. The maximum atomic E-state index is 12.8. The first kappa shape index (κ1) is 16.6. The van der Waals surface area contributed by atoms with Crippen molar-refractivity contribution in [3.05, 3.63) is 65.5 Å². The number of β-lactam (4-membered cyclic amide) rings is 1. The molecule has 1 aliphatic heterocycles. The molecule has 2 unspecified atom stereocenters. The Labute approximate surface area is 155 Å². The predicted octanol–water partition coefficient (Wildman–Crippen LogP) is 3.32. The maximum Gasteiger partial charge on any atom is 0.346 e. The topological polar surface area (TPSA) is 67.2 Å². The van der Waals surface area contributed by atoms with Gasteiger partial charge in [0.1, 0.15) is 17.2 Å². The summed E-state index contributed by atoms with van der Waals surface area (Å²) in [5.41, 5.74) is 6.03. The number of para-hydroxylation sites is 2. The molecule has 0 saturated carbocycles. The van der Waals surface area contributed by atoms with E-state index in [2.05, 4.69) is 10.4 Å². The summed E-state index contributed by atoms with van der Waals surface area (Å²) in [6, 6.07) is 14.2. The van der Waals surface area contributed by atoms with E-state index in [-0.39, 0.29) is 5.91 Å². The zero-order valence-electron chi connectivity index (χ0n) is 14.3. The first-order chi connectivity index (χ1) is 12.5. The van der Waals surface area contributed by atoms with E-state index in [9.17, 15) is 9.59 Å². The lowest BCUT2D eigenvalue weighted by Crippen LogP contribution is -2.63. The zero-order chi connectivity index (χ0) is 18.4. The molecule has 7 heteroatoms. The van der Waals surface area contributed by atoms with Gasteiger partial charge in [-0.15, -0.1) is 11.6 Å². The molecule has 1 aliphatic rings. The molecule has 2 amide bonds. The molecule has 1 fully saturated rings. The summed E-state index contributed by atoms with van der Waals surface area (Å²) in [7, 11) is 0. The Balaban J connectivity index is 1.65. The molecule has 3 aromatic rings. The van der Waals surface area contributed by atoms with Gasteiger partial charge in [0, 0.05) is 0 Å². The number of carbonyl (C=O) groups is 2. The van der Waals surface area contributed by atoms with Crippen LogP contribution in [0.2, 0.25) is 0 Å². The second kappa shape index (κ2) is 6.14. The van der Waals surface area contributed by atoms with Crippen molar-refractivity contribution in [2.75, 3.05) is 0 Å². The minimum atomic E-state index is -0.697. The normalized spacial score (nSPS) is 19.5. The summed E-state index contributed by atoms with van der Waals surface area (Å²) in [6.07, 6.45) is 0. The van der Waals surface area contributed by atoms with Crippen LogP contribution in [0.3, 0.4) is 0 Å². The lowest BCUT2D eigenvalue weighted by Gasteiger charge is -2.44. The third-order valence-corrected chi connectivity index (χ3v) is 5.11. The number of fused-ring (bicyclic) bond motifs is 1. The second-order valence-corrected chi connectivity index (χ2v) is 6.78. The molecule has 0 bridgehead atoms. The van der Waals surface area contributed by atoms with Crippen molar-refractivity contribution in [3.63, 3.8) is 0 Å².